The third kappa shape index (κ3) is 11.2. The highest BCUT2D eigenvalue weighted by atomic mass is 35.5. The number of esters is 1. The molecule has 0 radical (unpaired) electrons. The predicted molar refractivity (Wildman–Crippen MR) is 350 cm³/mol. The van der Waals surface area contributed by atoms with Crippen LogP contribution in [-0.2, 0) is 35.1 Å². The van der Waals surface area contributed by atoms with Crippen LogP contribution in [0.4, 0.5) is 5.13 Å². The Balaban J connectivity index is 0.882. The number of hydrogen-bond donors (Lipinski definition) is 2. The number of oxime groups is 1. The maximum absolute atomic E-state index is 15.7. The molecule has 0 bridgehead atoms. The molecule has 0 spiro atoms. The Morgan fingerprint density at radius 2 is 1.10 bits per heavy atom. The van der Waals surface area contributed by atoms with Crippen molar-refractivity contribution in [1.82, 2.24) is 25.2 Å². The van der Waals surface area contributed by atoms with Crippen LogP contribution in [0.5, 0.6) is 0 Å². The first-order valence-corrected chi connectivity index (χ1v) is 32.0. The van der Waals surface area contributed by atoms with Gasteiger partial charge in [-0.15, -0.1) is 23.1 Å². The van der Waals surface area contributed by atoms with Crippen molar-refractivity contribution >= 4 is 96.8 Å². The molecule has 2 aliphatic heterocycles. The van der Waals surface area contributed by atoms with Crippen LogP contribution in [0.3, 0.4) is 0 Å². The standard InChI is InChI=1S/C70H52ClN7O6S4/c71-61-57(75-67(87-61)76-69(48-29-13-3-14-30-48,49-31-15-4-16-32-49)50-33-17-5-18-34-50)58(77-84-70(51-35-19-6-20-36-51,52-37-21-7-22-38-52)53-39-23-8-24-40-53)62(80)74-59-64(81)78-44-68(45-85-65(59)78,88-55-43-54(79)56-63(86-55)73-42-41-72-56)66(82)83-60(46-25-9-1-10-26-46)47-27-11-2-12-28-47/h1-43,59-60,65H,44-45H2,(H,74,80)(H,75,76)/t59?,65-,68?/m1/s1. The fraction of sp³-hybridized carbons (Fsp3) is 0.114. The summed E-state index contributed by atoms with van der Waals surface area (Å²) in [4.78, 5) is 82.4. The van der Waals surface area contributed by atoms with Crippen molar-refractivity contribution in [3.63, 3.8) is 0 Å². The van der Waals surface area contributed by atoms with Crippen LogP contribution in [-0.4, -0.2) is 71.8 Å². The van der Waals surface area contributed by atoms with Gasteiger partial charge < -0.3 is 25.1 Å². The van der Waals surface area contributed by atoms with Crippen LogP contribution >= 0.6 is 57.8 Å². The van der Waals surface area contributed by atoms with Gasteiger partial charge in [-0.2, -0.15) is 0 Å². The minimum Gasteiger partial charge on any atom is -0.451 e. The molecular formula is C70H52ClN7O6S4. The van der Waals surface area contributed by atoms with Crippen LogP contribution in [0.2, 0.25) is 4.34 Å². The first-order chi connectivity index (χ1) is 43.1. The van der Waals surface area contributed by atoms with E-state index in [4.69, 9.17) is 31.3 Å². The molecule has 2 amide bonds. The second-order valence-electron chi connectivity index (χ2n) is 20.9. The van der Waals surface area contributed by atoms with Gasteiger partial charge in [0.25, 0.3) is 5.91 Å². The Bertz CT molecular complexity index is 4140. The molecule has 0 saturated carbocycles. The Labute approximate surface area is 528 Å². The topological polar surface area (TPSA) is 165 Å². The number of halogens is 1. The lowest BCUT2D eigenvalue weighted by Gasteiger charge is -2.53. The summed E-state index contributed by atoms with van der Waals surface area (Å²) >= 11 is 12.2. The highest BCUT2D eigenvalue weighted by molar-refractivity contribution is 8.06. The molecule has 18 heteroatoms. The number of nitrogens with zero attached hydrogens (tertiary/aromatic N) is 5. The second-order valence-corrected chi connectivity index (χ2v) is 26.3. The number of benzene rings is 8. The molecule has 13 rings (SSSR count). The first kappa shape index (κ1) is 57.8. The molecule has 2 unspecified atom stereocenters. The van der Waals surface area contributed by atoms with Crippen LogP contribution in [0.1, 0.15) is 56.3 Å². The average Bonchev–Trinajstić information content (AvgIpc) is 1.36. The quantitative estimate of drug-likeness (QED) is 0.0259. The number of thioether (sulfide) groups is 2. The third-order valence-corrected chi connectivity index (χ3v) is 20.9. The molecule has 3 atom stereocenters. The van der Waals surface area contributed by atoms with Gasteiger partial charge in [0.15, 0.2) is 16.9 Å². The summed E-state index contributed by atoms with van der Waals surface area (Å²) in [6.45, 7) is -0.119. The van der Waals surface area contributed by atoms with Gasteiger partial charge in [-0.3, -0.25) is 19.2 Å². The van der Waals surface area contributed by atoms with E-state index in [-0.39, 0.29) is 39.0 Å². The van der Waals surface area contributed by atoms with Crippen LogP contribution in [0.25, 0.3) is 10.3 Å². The number of anilines is 1. The summed E-state index contributed by atoms with van der Waals surface area (Å²) in [7, 11) is 0. The lowest BCUT2D eigenvalue weighted by atomic mass is 9.77. The number of fused-ring (bicyclic) bond motifs is 2. The van der Waals surface area contributed by atoms with E-state index in [1.54, 1.807) is 4.90 Å². The highest BCUT2D eigenvalue weighted by Gasteiger charge is 2.59. The smallest absolute Gasteiger partial charge is 0.326 e. The summed E-state index contributed by atoms with van der Waals surface area (Å²) in [5, 5.41) is 11.4. The van der Waals surface area contributed by atoms with Crippen molar-refractivity contribution in [1.29, 1.82) is 0 Å². The van der Waals surface area contributed by atoms with Crippen molar-refractivity contribution in [3.8, 4) is 0 Å². The fourth-order valence-electron chi connectivity index (χ4n) is 11.3. The van der Waals surface area contributed by atoms with Crippen LogP contribution in [0.15, 0.2) is 275 Å². The molecule has 8 aromatic carbocycles. The van der Waals surface area contributed by atoms with Gasteiger partial charge in [0.1, 0.15) is 42.1 Å². The molecule has 434 valence electrons. The van der Waals surface area contributed by atoms with E-state index in [2.05, 4.69) is 57.0 Å². The predicted octanol–water partition coefficient (Wildman–Crippen LogP) is 13.5. The summed E-state index contributed by atoms with van der Waals surface area (Å²) in [5.74, 6) is -1.73. The highest BCUT2D eigenvalue weighted by Crippen LogP contribution is 2.50. The molecule has 11 aromatic rings. The molecule has 5 heterocycles. The van der Waals surface area contributed by atoms with Gasteiger partial charge in [-0.05, 0) is 27.8 Å². The minimum atomic E-state index is -1.45. The Hall–Kier alpha value is -9.23. The van der Waals surface area contributed by atoms with Gasteiger partial charge in [-0.25, -0.2) is 15.0 Å². The zero-order chi connectivity index (χ0) is 60.1. The molecule has 0 aliphatic carbocycles. The number of ether oxygens (including phenoxy) is 1. The van der Waals surface area contributed by atoms with E-state index in [0.717, 1.165) is 50.9 Å². The lowest BCUT2D eigenvalue weighted by molar-refractivity contribution is -0.155. The number of amides is 2. The van der Waals surface area contributed by atoms with Crippen LogP contribution < -0.4 is 16.1 Å². The first-order valence-electron chi connectivity index (χ1n) is 28.2. The van der Waals surface area contributed by atoms with Crippen LogP contribution in [0, 0.1) is 0 Å². The number of hydrogen-bond acceptors (Lipinski definition) is 15. The SMILES string of the molecule is O=C(NC1C(=O)N2CC(Sc3cc(=O)c4nccnc4s3)(C(=O)OC(c3ccccc3)c3ccccc3)CS[C@H]12)C(=NOC(c1ccccc1)(c1ccccc1)c1ccccc1)c1nc(NC(c2ccccc2)(c2ccccc2)c2ccccc2)sc1Cl. The minimum absolute atomic E-state index is 0.00128. The molecule has 13 nitrogen and oxygen atoms in total. The average molecular weight is 1250 g/mol. The van der Waals surface area contributed by atoms with Crippen molar-refractivity contribution in [3.05, 3.63) is 326 Å². The number of carbonyl (C=O) groups is 3. The molecular weight excluding hydrogens is 1200 g/mol. The van der Waals surface area contributed by atoms with Gasteiger partial charge >= 0.3 is 5.97 Å². The molecule has 3 aromatic heterocycles. The number of rotatable bonds is 19. The molecule has 2 aliphatic rings. The summed E-state index contributed by atoms with van der Waals surface area (Å²) in [5.41, 5.74) is 3.48. The maximum atomic E-state index is 15.7. The summed E-state index contributed by atoms with van der Waals surface area (Å²) in [6, 6.07) is 78.2. The maximum Gasteiger partial charge on any atom is 0.326 e. The Morgan fingerprint density at radius 1 is 0.636 bits per heavy atom. The molecule has 2 N–H and O–H groups in total. The number of thiazole rings is 1. The van der Waals surface area contributed by atoms with Crippen molar-refractivity contribution < 1.29 is 24.0 Å². The van der Waals surface area contributed by atoms with Gasteiger partial charge in [0.05, 0.1) is 4.21 Å². The summed E-state index contributed by atoms with van der Waals surface area (Å²) < 4.78 is 5.76. The monoisotopic (exact) mass is 1250 g/mol. The summed E-state index contributed by atoms with van der Waals surface area (Å²) in [6.07, 6.45) is 2.17. The van der Waals surface area contributed by atoms with E-state index in [1.807, 2.05) is 206 Å². The lowest BCUT2D eigenvalue weighted by Crippen LogP contribution is -2.75. The van der Waals surface area contributed by atoms with Crippen molar-refractivity contribution in [2.75, 3.05) is 17.6 Å². The van der Waals surface area contributed by atoms with E-state index in [1.165, 1.54) is 41.6 Å². The number of aromatic nitrogens is 3. The third-order valence-electron chi connectivity index (χ3n) is 15.5. The zero-order valence-corrected chi connectivity index (χ0v) is 50.7. The molecule has 2 fully saturated rings. The zero-order valence-electron chi connectivity index (χ0n) is 46.7. The van der Waals surface area contributed by atoms with Gasteiger partial charge in [0, 0.05) is 47.4 Å². The van der Waals surface area contributed by atoms with E-state index >= 15 is 14.4 Å². The largest absolute Gasteiger partial charge is 0.451 e. The molecule has 2 saturated heterocycles. The Kier molecular flexibility index (Phi) is 16.6. The van der Waals surface area contributed by atoms with Gasteiger partial charge in [-0.1, -0.05) is 283 Å². The van der Waals surface area contributed by atoms with E-state index < -0.39 is 51.2 Å². The van der Waals surface area contributed by atoms with E-state index in [9.17, 15) is 4.79 Å². The molecule has 88 heavy (non-hydrogen) atoms. The number of nitrogens with one attached hydrogen (secondary N) is 2. The number of β-lactam (4-membered cyclic amide) rings is 1. The fourth-order valence-corrected chi connectivity index (χ4v) is 16.7. The van der Waals surface area contributed by atoms with Gasteiger partial charge in [0.2, 0.25) is 16.9 Å². The van der Waals surface area contributed by atoms with E-state index in [0.29, 0.717) is 30.9 Å². The Morgan fingerprint density at radius 3 is 1.60 bits per heavy atom. The van der Waals surface area contributed by atoms with Crippen molar-refractivity contribution in [2.45, 2.75) is 37.6 Å². The normalized spacial score (nSPS) is 16.7. The van der Waals surface area contributed by atoms with Crippen molar-refractivity contribution in [2.24, 2.45) is 5.16 Å². The number of carbonyl (C=O) groups excluding carboxylic acids is 3. The second kappa shape index (κ2) is 25.2.